The van der Waals surface area contributed by atoms with Crippen LogP contribution in [0, 0.1) is 0 Å². The maximum Gasteiger partial charge on any atom is 0.410 e. The zero-order valence-corrected chi connectivity index (χ0v) is 11.8. The molecule has 1 aromatic rings. The quantitative estimate of drug-likeness (QED) is 0.893. The lowest BCUT2D eigenvalue weighted by molar-refractivity contribution is 0.0206. The SMILES string of the molecule is CC(C)(C)OC(=O)N1CCCC(Nc2ccoc2)C1. The van der Waals surface area contributed by atoms with Crippen LogP contribution in [0.25, 0.3) is 0 Å². The molecule has 106 valence electrons. The molecule has 0 aliphatic carbocycles. The van der Waals surface area contributed by atoms with Gasteiger partial charge in [0.25, 0.3) is 0 Å². The summed E-state index contributed by atoms with van der Waals surface area (Å²) in [4.78, 5) is 13.8. The predicted molar refractivity (Wildman–Crippen MR) is 73.2 cm³/mol. The highest BCUT2D eigenvalue weighted by atomic mass is 16.6. The van der Waals surface area contributed by atoms with Gasteiger partial charge in [-0.15, -0.1) is 0 Å². The number of carbonyl (C=O) groups excluding carboxylic acids is 1. The summed E-state index contributed by atoms with van der Waals surface area (Å²) < 4.78 is 10.4. The largest absolute Gasteiger partial charge is 0.470 e. The molecule has 0 radical (unpaired) electrons. The molecule has 1 fully saturated rings. The number of carbonyl (C=O) groups is 1. The molecule has 1 unspecified atom stereocenters. The Hall–Kier alpha value is -1.65. The molecule has 0 saturated carbocycles. The highest BCUT2D eigenvalue weighted by Crippen LogP contribution is 2.18. The third kappa shape index (κ3) is 4.19. The third-order valence-electron chi connectivity index (χ3n) is 2.97. The number of nitrogens with one attached hydrogen (secondary N) is 1. The smallest absolute Gasteiger partial charge is 0.410 e. The first-order valence-corrected chi connectivity index (χ1v) is 6.71. The Bertz CT molecular complexity index is 409. The van der Waals surface area contributed by atoms with Gasteiger partial charge in [-0.1, -0.05) is 0 Å². The lowest BCUT2D eigenvalue weighted by atomic mass is 10.1. The predicted octanol–water partition coefficient (Wildman–Crippen LogP) is 3.09. The minimum absolute atomic E-state index is 0.230. The van der Waals surface area contributed by atoms with Gasteiger partial charge < -0.3 is 19.4 Å². The number of hydrogen-bond acceptors (Lipinski definition) is 4. The van der Waals surface area contributed by atoms with E-state index in [2.05, 4.69) is 5.32 Å². The Morgan fingerprint density at radius 3 is 2.95 bits per heavy atom. The van der Waals surface area contributed by atoms with E-state index in [-0.39, 0.29) is 12.1 Å². The number of rotatable bonds is 2. The van der Waals surface area contributed by atoms with Crippen molar-refractivity contribution in [2.45, 2.75) is 45.3 Å². The van der Waals surface area contributed by atoms with E-state index in [0.29, 0.717) is 6.54 Å². The van der Waals surface area contributed by atoms with Crippen molar-refractivity contribution in [2.24, 2.45) is 0 Å². The van der Waals surface area contributed by atoms with Crippen LogP contribution in [0.15, 0.2) is 23.0 Å². The van der Waals surface area contributed by atoms with Gasteiger partial charge in [-0.25, -0.2) is 4.79 Å². The highest BCUT2D eigenvalue weighted by Gasteiger charge is 2.27. The van der Waals surface area contributed by atoms with Crippen LogP contribution in [0.3, 0.4) is 0 Å². The minimum atomic E-state index is -0.442. The molecule has 0 bridgehead atoms. The summed E-state index contributed by atoms with van der Waals surface area (Å²) in [5.41, 5.74) is 0.512. The summed E-state index contributed by atoms with van der Waals surface area (Å²) in [7, 11) is 0. The van der Waals surface area contributed by atoms with Crippen molar-refractivity contribution in [1.29, 1.82) is 0 Å². The van der Waals surface area contributed by atoms with Gasteiger partial charge in [-0.05, 0) is 39.7 Å². The van der Waals surface area contributed by atoms with Gasteiger partial charge in [0.2, 0.25) is 0 Å². The molecular formula is C14H22N2O3. The molecule has 1 amide bonds. The van der Waals surface area contributed by atoms with Crippen LogP contribution in [-0.2, 0) is 4.74 Å². The first-order chi connectivity index (χ1) is 8.94. The van der Waals surface area contributed by atoms with Crippen LogP contribution in [0.4, 0.5) is 10.5 Å². The number of ether oxygens (including phenoxy) is 1. The second-order valence-corrected chi connectivity index (χ2v) is 5.92. The zero-order valence-electron chi connectivity index (χ0n) is 11.8. The van der Waals surface area contributed by atoms with E-state index in [9.17, 15) is 4.79 Å². The molecule has 1 N–H and O–H groups in total. The molecule has 2 rings (SSSR count). The lowest BCUT2D eigenvalue weighted by Crippen LogP contribution is -2.46. The number of piperidine rings is 1. The van der Waals surface area contributed by atoms with Crippen molar-refractivity contribution in [1.82, 2.24) is 4.90 Å². The van der Waals surface area contributed by atoms with Crippen LogP contribution in [0.5, 0.6) is 0 Å². The number of likely N-dealkylation sites (tertiary alicyclic amines) is 1. The van der Waals surface area contributed by atoms with Crippen molar-refractivity contribution in [3.05, 3.63) is 18.6 Å². The van der Waals surface area contributed by atoms with Crippen molar-refractivity contribution in [3.8, 4) is 0 Å². The van der Waals surface area contributed by atoms with Crippen LogP contribution in [0.2, 0.25) is 0 Å². The number of amides is 1. The second-order valence-electron chi connectivity index (χ2n) is 5.92. The van der Waals surface area contributed by atoms with Crippen LogP contribution < -0.4 is 5.32 Å². The fourth-order valence-electron chi connectivity index (χ4n) is 2.17. The number of nitrogens with zero attached hydrogens (tertiary/aromatic N) is 1. The van der Waals surface area contributed by atoms with Crippen LogP contribution >= 0.6 is 0 Å². The Morgan fingerprint density at radius 2 is 2.32 bits per heavy atom. The maximum absolute atomic E-state index is 12.0. The normalized spacial score (nSPS) is 20.2. The fraction of sp³-hybridized carbons (Fsp3) is 0.643. The van der Waals surface area contributed by atoms with E-state index in [1.165, 1.54) is 0 Å². The van der Waals surface area contributed by atoms with E-state index >= 15 is 0 Å². The Kier molecular flexibility index (Phi) is 4.02. The summed E-state index contributed by atoms with van der Waals surface area (Å²) >= 11 is 0. The molecule has 1 aromatic heterocycles. The molecular weight excluding hydrogens is 244 g/mol. The molecule has 19 heavy (non-hydrogen) atoms. The summed E-state index contributed by atoms with van der Waals surface area (Å²) in [5, 5.41) is 3.37. The van der Waals surface area contributed by atoms with Gasteiger partial charge in [0, 0.05) is 19.1 Å². The molecule has 0 spiro atoms. The number of furan rings is 1. The topological polar surface area (TPSA) is 54.7 Å². The second kappa shape index (κ2) is 5.55. The van der Waals surface area contributed by atoms with Gasteiger partial charge >= 0.3 is 6.09 Å². The molecule has 2 heterocycles. The summed E-state index contributed by atoms with van der Waals surface area (Å²) in [6.07, 6.45) is 5.11. The van der Waals surface area contributed by atoms with Crippen molar-refractivity contribution in [2.75, 3.05) is 18.4 Å². The maximum atomic E-state index is 12.0. The van der Waals surface area contributed by atoms with Gasteiger partial charge in [0.15, 0.2) is 0 Å². The van der Waals surface area contributed by atoms with E-state index in [4.69, 9.17) is 9.15 Å². The van der Waals surface area contributed by atoms with Crippen molar-refractivity contribution in [3.63, 3.8) is 0 Å². The third-order valence-corrected chi connectivity index (χ3v) is 2.97. The molecule has 1 aliphatic heterocycles. The van der Waals surface area contributed by atoms with Gasteiger partial charge in [-0.3, -0.25) is 0 Å². The molecule has 5 heteroatoms. The molecule has 5 nitrogen and oxygen atoms in total. The number of anilines is 1. The van der Waals surface area contributed by atoms with E-state index in [1.807, 2.05) is 26.8 Å². The minimum Gasteiger partial charge on any atom is -0.470 e. The lowest BCUT2D eigenvalue weighted by Gasteiger charge is -2.34. The Morgan fingerprint density at radius 1 is 1.53 bits per heavy atom. The standard InChI is InChI=1S/C14H22N2O3/c1-14(2,3)19-13(17)16-7-4-5-11(9-16)15-12-6-8-18-10-12/h6,8,10-11,15H,4-5,7,9H2,1-3H3. The summed E-state index contributed by atoms with van der Waals surface area (Å²) in [6.45, 7) is 7.08. The Labute approximate surface area is 113 Å². The van der Waals surface area contributed by atoms with Crippen molar-refractivity contribution < 1.29 is 13.9 Å². The highest BCUT2D eigenvalue weighted by molar-refractivity contribution is 5.68. The van der Waals surface area contributed by atoms with Crippen molar-refractivity contribution >= 4 is 11.8 Å². The molecule has 1 saturated heterocycles. The van der Waals surface area contributed by atoms with Crippen LogP contribution in [0.1, 0.15) is 33.6 Å². The fourth-order valence-corrected chi connectivity index (χ4v) is 2.17. The van der Waals surface area contributed by atoms with Gasteiger partial charge in [-0.2, -0.15) is 0 Å². The first-order valence-electron chi connectivity index (χ1n) is 6.71. The van der Waals surface area contributed by atoms with Gasteiger partial charge in [0.05, 0.1) is 12.0 Å². The zero-order chi connectivity index (χ0) is 13.9. The van der Waals surface area contributed by atoms with Gasteiger partial charge in [0.1, 0.15) is 11.9 Å². The monoisotopic (exact) mass is 266 g/mol. The van der Waals surface area contributed by atoms with E-state index in [1.54, 1.807) is 17.4 Å². The Balaban J connectivity index is 1.88. The molecule has 1 aliphatic rings. The summed E-state index contributed by atoms with van der Waals surface area (Å²) in [6, 6.07) is 2.13. The van der Waals surface area contributed by atoms with E-state index in [0.717, 1.165) is 25.1 Å². The van der Waals surface area contributed by atoms with Crippen LogP contribution in [-0.4, -0.2) is 35.7 Å². The first kappa shape index (κ1) is 13.8. The molecule has 0 aromatic carbocycles. The summed E-state index contributed by atoms with van der Waals surface area (Å²) in [5.74, 6) is 0. The average molecular weight is 266 g/mol. The molecule has 1 atom stereocenters. The number of hydrogen-bond donors (Lipinski definition) is 1. The van der Waals surface area contributed by atoms with E-state index < -0.39 is 5.60 Å². The average Bonchev–Trinajstić information content (AvgIpc) is 2.80.